The van der Waals surface area contributed by atoms with E-state index in [0.29, 0.717) is 5.92 Å². The maximum absolute atomic E-state index is 6.01. The van der Waals surface area contributed by atoms with Crippen LogP contribution < -0.4 is 9.05 Å². The fourth-order valence-electron chi connectivity index (χ4n) is 1.67. The molecule has 0 bridgehead atoms. The first-order chi connectivity index (χ1) is 9.74. The zero-order valence-electron chi connectivity index (χ0n) is 12.4. The van der Waals surface area contributed by atoms with Gasteiger partial charge in [-0.05, 0) is 36.6 Å². The molecular weight excluding hydrogens is 347 g/mol. The molecule has 0 heterocycles. The summed E-state index contributed by atoms with van der Waals surface area (Å²) in [6, 6.07) is 19.8. The molecule has 0 unspecified atom stereocenters. The van der Waals surface area contributed by atoms with Gasteiger partial charge in [0.15, 0.2) is 0 Å². The molecular formula is C17H22BrO2P. The molecule has 4 heteroatoms. The van der Waals surface area contributed by atoms with Crippen LogP contribution in [0.15, 0.2) is 60.7 Å². The first-order valence-corrected chi connectivity index (χ1v) is 8.34. The van der Waals surface area contributed by atoms with E-state index in [2.05, 4.69) is 13.8 Å². The monoisotopic (exact) mass is 368 g/mol. The van der Waals surface area contributed by atoms with Gasteiger partial charge in [0.2, 0.25) is 0 Å². The third-order valence-electron chi connectivity index (χ3n) is 2.79. The Hall–Kier alpha value is -1.05. The zero-order chi connectivity index (χ0) is 14.2. The summed E-state index contributed by atoms with van der Waals surface area (Å²) in [6.07, 6.45) is 2.04. The molecule has 0 saturated carbocycles. The molecule has 2 nitrogen and oxygen atoms in total. The summed E-state index contributed by atoms with van der Waals surface area (Å²) < 4.78 is 12.0. The Kier molecular flexibility index (Phi) is 8.41. The molecule has 0 aliphatic carbocycles. The summed E-state index contributed by atoms with van der Waals surface area (Å²) in [4.78, 5) is 0. The molecule has 0 aliphatic rings. The molecule has 0 amide bonds. The lowest BCUT2D eigenvalue weighted by molar-refractivity contribution is 0.480. The number of hydrogen-bond donors (Lipinski definition) is 0. The highest BCUT2D eigenvalue weighted by molar-refractivity contribution is 8.93. The van der Waals surface area contributed by atoms with Gasteiger partial charge in [0, 0.05) is 6.16 Å². The van der Waals surface area contributed by atoms with Crippen LogP contribution in [-0.4, -0.2) is 6.16 Å². The molecule has 0 radical (unpaired) electrons. The van der Waals surface area contributed by atoms with E-state index in [4.69, 9.17) is 9.05 Å². The minimum atomic E-state index is -0.946. The molecule has 0 atom stereocenters. The summed E-state index contributed by atoms with van der Waals surface area (Å²) in [5, 5.41) is 0. The van der Waals surface area contributed by atoms with Gasteiger partial charge >= 0.3 is 0 Å². The third kappa shape index (κ3) is 6.97. The molecule has 2 aromatic rings. The van der Waals surface area contributed by atoms with Crippen molar-refractivity contribution in [2.45, 2.75) is 20.3 Å². The van der Waals surface area contributed by atoms with Crippen molar-refractivity contribution in [2.24, 2.45) is 5.92 Å². The lowest BCUT2D eigenvalue weighted by Gasteiger charge is -2.19. The summed E-state index contributed by atoms with van der Waals surface area (Å²) in [5.74, 6) is 2.40. The van der Waals surface area contributed by atoms with Gasteiger partial charge in [0.25, 0.3) is 8.38 Å². The number of para-hydroxylation sites is 2. The molecule has 2 aromatic carbocycles. The van der Waals surface area contributed by atoms with E-state index >= 15 is 0 Å². The number of rotatable bonds is 7. The standard InChI is InChI=1S/C17H21O2P.BrH/c1-15(2)13-14-20(18-16-9-5-3-6-10-16)19-17-11-7-4-8-12-17;/h3-12,15H,13-14H2,1-2H3;1H. The van der Waals surface area contributed by atoms with Crippen molar-refractivity contribution < 1.29 is 9.05 Å². The summed E-state index contributed by atoms with van der Waals surface area (Å²) in [7, 11) is -0.946. The Balaban J connectivity index is 0.00000220. The molecule has 0 fully saturated rings. The van der Waals surface area contributed by atoms with Crippen LogP contribution in [0.3, 0.4) is 0 Å². The maximum atomic E-state index is 6.01. The number of halogens is 1. The molecule has 0 saturated heterocycles. The summed E-state index contributed by atoms with van der Waals surface area (Å²) in [5.41, 5.74) is 0. The Labute approximate surface area is 139 Å². The van der Waals surface area contributed by atoms with Crippen molar-refractivity contribution in [1.82, 2.24) is 0 Å². The second-order valence-corrected chi connectivity index (χ2v) is 6.53. The zero-order valence-corrected chi connectivity index (χ0v) is 15.0. The first kappa shape index (κ1) is 18.0. The quantitative estimate of drug-likeness (QED) is 0.551. The van der Waals surface area contributed by atoms with Crippen molar-refractivity contribution in [1.29, 1.82) is 0 Å². The molecule has 114 valence electrons. The van der Waals surface area contributed by atoms with E-state index < -0.39 is 8.38 Å². The summed E-state index contributed by atoms with van der Waals surface area (Å²) in [6.45, 7) is 4.44. The minimum Gasteiger partial charge on any atom is -0.439 e. The Bertz CT molecular complexity index is 449. The van der Waals surface area contributed by atoms with E-state index in [-0.39, 0.29) is 17.0 Å². The van der Waals surface area contributed by atoms with E-state index in [1.807, 2.05) is 60.7 Å². The van der Waals surface area contributed by atoms with E-state index in [9.17, 15) is 0 Å². The Morgan fingerprint density at radius 3 is 1.62 bits per heavy atom. The molecule has 0 aromatic heterocycles. The second kappa shape index (κ2) is 9.81. The van der Waals surface area contributed by atoms with Crippen LogP contribution in [-0.2, 0) is 0 Å². The van der Waals surface area contributed by atoms with Crippen LogP contribution in [0.4, 0.5) is 0 Å². The topological polar surface area (TPSA) is 18.5 Å². The van der Waals surface area contributed by atoms with Gasteiger partial charge in [-0.3, -0.25) is 0 Å². The molecule has 0 aliphatic heterocycles. The minimum absolute atomic E-state index is 0. The molecule has 0 spiro atoms. The van der Waals surface area contributed by atoms with Crippen molar-refractivity contribution in [3.05, 3.63) is 60.7 Å². The smallest absolute Gasteiger partial charge is 0.290 e. The highest BCUT2D eigenvalue weighted by Crippen LogP contribution is 2.41. The van der Waals surface area contributed by atoms with Gasteiger partial charge in [-0.15, -0.1) is 17.0 Å². The molecule has 0 N–H and O–H groups in total. The first-order valence-electron chi connectivity index (χ1n) is 6.97. The van der Waals surface area contributed by atoms with Gasteiger partial charge in [-0.25, -0.2) is 0 Å². The van der Waals surface area contributed by atoms with Gasteiger partial charge in [-0.2, -0.15) is 0 Å². The van der Waals surface area contributed by atoms with Crippen LogP contribution in [0.1, 0.15) is 20.3 Å². The normalized spacial score (nSPS) is 10.3. The Morgan fingerprint density at radius 1 is 0.810 bits per heavy atom. The highest BCUT2D eigenvalue weighted by Gasteiger charge is 2.15. The third-order valence-corrected chi connectivity index (χ3v) is 4.24. The SMILES string of the molecule is Br.CC(C)CCP(Oc1ccccc1)Oc1ccccc1. The van der Waals surface area contributed by atoms with Gasteiger partial charge in [0.1, 0.15) is 11.5 Å². The highest BCUT2D eigenvalue weighted by atomic mass is 79.9. The fourth-order valence-corrected chi connectivity index (χ4v) is 3.33. The van der Waals surface area contributed by atoms with Crippen molar-refractivity contribution in [3.63, 3.8) is 0 Å². The van der Waals surface area contributed by atoms with Crippen molar-refractivity contribution in [3.8, 4) is 11.5 Å². The van der Waals surface area contributed by atoms with E-state index in [0.717, 1.165) is 24.1 Å². The van der Waals surface area contributed by atoms with Crippen LogP contribution in [0, 0.1) is 5.92 Å². The predicted octanol–water partition coefficient (Wildman–Crippen LogP) is 6.08. The number of benzene rings is 2. The average Bonchev–Trinajstić information content (AvgIpc) is 2.47. The average molecular weight is 369 g/mol. The Morgan fingerprint density at radius 2 is 1.24 bits per heavy atom. The van der Waals surface area contributed by atoms with Gasteiger partial charge in [-0.1, -0.05) is 50.2 Å². The molecule has 2 rings (SSSR count). The van der Waals surface area contributed by atoms with Gasteiger partial charge in [0.05, 0.1) is 0 Å². The number of hydrogen-bond acceptors (Lipinski definition) is 2. The second-order valence-electron chi connectivity index (χ2n) is 5.05. The van der Waals surface area contributed by atoms with Crippen LogP contribution in [0.25, 0.3) is 0 Å². The van der Waals surface area contributed by atoms with Crippen molar-refractivity contribution >= 4 is 25.4 Å². The van der Waals surface area contributed by atoms with E-state index in [1.54, 1.807) is 0 Å². The van der Waals surface area contributed by atoms with Crippen LogP contribution >= 0.6 is 25.4 Å². The van der Waals surface area contributed by atoms with Crippen molar-refractivity contribution in [2.75, 3.05) is 6.16 Å². The van der Waals surface area contributed by atoms with Crippen LogP contribution in [0.2, 0.25) is 0 Å². The maximum Gasteiger partial charge on any atom is 0.290 e. The van der Waals surface area contributed by atoms with E-state index in [1.165, 1.54) is 0 Å². The summed E-state index contributed by atoms with van der Waals surface area (Å²) >= 11 is 0. The molecule has 21 heavy (non-hydrogen) atoms. The van der Waals surface area contributed by atoms with Gasteiger partial charge < -0.3 is 9.05 Å². The largest absolute Gasteiger partial charge is 0.439 e. The lowest BCUT2D eigenvalue weighted by atomic mass is 10.2. The lowest BCUT2D eigenvalue weighted by Crippen LogP contribution is -2.02. The van der Waals surface area contributed by atoms with Crippen LogP contribution in [0.5, 0.6) is 11.5 Å². The fraction of sp³-hybridized carbons (Fsp3) is 0.294. The predicted molar refractivity (Wildman–Crippen MR) is 95.7 cm³/mol.